The van der Waals surface area contributed by atoms with Gasteiger partial charge in [0, 0.05) is 29.3 Å². The quantitative estimate of drug-likeness (QED) is 0.279. The molecule has 30 heavy (non-hydrogen) atoms. The summed E-state index contributed by atoms with van der Waals surface area (Å²) in [6.07, 6.45) is 2.04. The number of ether oxygens (including phenoxy) is 3. The van der Waals surface area contributed by atoms with Crippen LogP contribution in [0.4, 0.5) is 4.39 Å². The van der Waals surface area contributed by atoms with Crippen molar-refractivity contribution in [1.29, 1.82) is 0 Å². The SMILES string of the molecule is C=CCOc1cc(Br)c(Cc2ccc(OCOC)c(-c3ccccc3)n2)c(C)c1F. The molecule has 1 aromatic heterocycles. The average molecular weight is 472 g/mol. The van der Waals surface area contributed by atoms with Crippen molar-refractivity contribution in [3.8, 4) is 22.8 Å². The molecule has 0 bridgehead atoms. The molecule has 0 aliphatic heterocycles. The van der Waals surface area contributed by atoms with E-state index < -0.39 is 0 Å². The Morgan fingerprint density at radius 1 is 1.10 bits per heavy atom. The van der Waals surface area contributed by atoms with Crippen molar-refractivity contribution in [3.63, 3.8) is 0 Å². The van der Waals surface area contributed by atoms with Crippen LogP contribution >= 0.6 is 15.9 Å². The number of benzene rings is 2. The molecule has 0 spiro atoms. The summed E-state index contributed by atoms with van der Waals surface area (Å²) in [5.41, 5.74) is 3.77. The zero-order valence-electron chi connectivity index (χ0n) is 17.0. The van der Waals surface area contributed by atoms with Gasteiger partial charge in [0.2, 0.25) is 0 Å². The second-order valence-electron chi connectivity index (χ2n) is 6.62. The smallest absolute Gasteiger partial charge is 0.188 e. The van der Waals surface area contributed by atoms with Crippen LogP contribution in [0.2, 0.25) is 0 Å². The van der Waals surface area contributed by atoms with Gasteiger partial charge >= 0.3 is 0 Å². The number of hydrogen-bond donors (Lipinski definition) is 0. The molecule has 0 amide bonds. The molecule has 2 aromatic carbocycles. The topological polar surface area (TPSA) is 40.6 Å². The van der Waals surface area contributed by atoms with E-state index in [0.29, 0.717) is 23.4 Å². The van der Waals surface area contributed by atoms with E-state index in [1.807, 2.05) is 42.5 Å². The molecule has 0 unspecified atom stereocenters. The predicted molar refractivity (Wildman–Crippen MR) is 120 cm³/mol. The van der Waals surface area contributed by atoms with Gasteiger partial charge in [0.05, 0.1) is 0 Å². The lowest BCUT2D eigenvalue weighted by atomic mass is 10.0. The maximum absolute atomic E-state index is 14.8. The Labute approximate surface area is 184 Å². The molecule has 0 radical (unpaired) electrons. The zero-order chi connectivity index (χ0) is 21.5. The molecule has 1 heterocycles. The number of nitrogens with zero attached hydrogens (tertiary/aromatic N) is 1. The largest absolute Gasteiger partial charge is 0.486 e. The van der Waals surface area contributed by atoms with Gasteiger partial charge < -0.3 is 14.2 Å². The molecule has 6 heteroatoms. The van der Waals surface area contributed by atoms with Crippen molar-refractivity contribution < 1.29 is 18.6 Å². The third-order valence-electron chi connectivity index (χ3n) is 4.55. The summed E-state index contributed by atoms with van der Waals surface area (Å²) in [6.45, 7) is 5.71. The molecule has 0 saturated carbocycles. The fraction of sp³-hybridized carbons (Fsp3) is 0.208. The summed E-state index contributed by atoms with van der Waals surface area (Å²) < 4.78 is 31.7. The molecule has 4 nitrogen and oxygen atoms in total. The van der Waals surface area contributed by atoms with E-state index >= 15 is 0 Å². The van der Waals surface area contributed by atoms with Crippen LogP contribution < -0.4 is 9.47 Å². The fourth-order valence-electron chi connectivity index (χ4n) is 3.04. The third kappa shape index (κ3) is 5.07. The van der Waals surface area contributed by atoms with Crippen molar-refractivity contribution in [3.05, 3.63) is 88.3 Å². The van der Waals surface area contributed by atoms with Gasteiger partial charge in [0.25, 0.3) is 0 Å². The van der Waals surface area contributed by atoms with Crippen LogP contribution in [-0.2, 0) is 11.2 Å². The van der Waals surface area contributed by atoms with Gasteiger partial charge in [-0.05, 0) is 36.2 Å². The van der Waals surface area contributed by atoms with E-state index in [1.54, 1.807) is 26.2 Å². The second-order valence-corrected chi connectivity index (χ2v) is 7.47. The molecule has 3 aromatic rings. The van der Waals surface area contributed by atoms with Gasteiger partial charge in [-0.2, -0.15) is 0 Å². The van der Waals surface area contributed by atoms with Crippen molar-refractivity contribution in [2.75, 3.05) is 20.5 Å². The number of hydrogen-bond acceptors (Lipinski definition) is 4. The molecule has 0 aliphatic carbocycles. The third-order valence-corrected chi connectivity index (χ3v) is 5.26. The van der Waals surface area contributed by atoms with E-state index in [4.69, 9.17) is 19.2 Å². The first kappa shape index (κ1) is 22.0. The molecular formula is C24H23BrFNO3. The van der Waals surface area contributed by atoms with E-state index in [0.717, 1.165) is 21.3 Å². The molecule has 0 fully saturated rings. The Morgan fingerprint density at radius 2 is 1.87 bits per heavy atom. The predicted octanol–water partition coefficient (Wildman–Crippen LogP) is 6.10. The fourth-order valence-corrected chi connectivity index (χ4v) is 3.69. The molecule has 0 aliphatic rings. The Kier molecular flexibility index (Phi) is 7.60. The lowest BCUT2D eigenvalue weighted by molar-refractivity contribution is 0.0513. The monoisotopic (exact) mass is 471 g/mol. The van der Waals surface area contributed by atoms with Gasteiger partial charge in [0.15, 0.2) is 18.4 Å². The highest BCUT2D eigenvalue weighted by Crippen LogP contribution is 2.34. The van der Waals surface area contributed by atoms with Gasteiger partial charge in [-0.3, -0.25) is 0 Å². The van der Waals surface area contributed by atoms with Crippen LogP contribution in [0.1, 0.15) is 16.8 Å². The van der Waals surface area contributed by atoms with E-state index in [1.165, 1.54) is 0 Å². The minimum absolute atomic E-state index is 0.128. The molecular weight excluding hydrogens is 449 g/mol. The van der Waals surface area contributed by atoms with Crippen LogP contribution in [0, 0.1) is 12.7 Å². The summed E-state index contributed by atoms with van der Waals surface area (Å²) >= 11 is 3.55. The van der Waals surface area contributed by atoms with E-state index in [9.17, 15) is 4.39 Å². The van der Waals surface area contributed by atoms with E-state index in [2.05, 4.69) is 22.5 Å². The average Bonchev–Trinajstić information content (AvgIpc) is 2.77. The van der Waals surface area contributed by atoms with Gasteiger partial charge in [-0.25, -0.2) is 9.37 Å². The summed E-state index contributed by atoms with van der Waals surface area (Å²) in [4.78, 5) is 4.81. The molecule has 3 rings (SSSR count). The van der Waals surface area contributed by atoms with Crippen molar-refractivity contribution in [2.24, 2.45) is 0 Å². The first-order valence-electron chi connectivity index (χ1n) is 9.43. The summed E-state index contributed by atoms with van der Waals surface area (Å²) in [7, 11) is 1.57. The molecule has 0 N–H and O–H groups in total. The summed E-state index contributed by atoms with van der Waals surface area (Å²) in [5, 5.41) is 0. The van der Waals surface area contributed by atoms with Crippen molar-refractivity contribution >= 4 is 15.9 Å². The maximum Gasteiger partial charge on any atom is 0.188 e. The Bertz CT molecular complexity index is 1020. The minimum Gasteiger partial charge on any atom is -0.486 e. The minimum atomic E-state index is -0.376. The standard InChI is InChI=1S/C24H23BrFNO3/c1-4-12-29-22-14-20(25)19(16(2)23(22)26)13-18-10-11-21(30-15-28-3)24(27-18)17-8-6-5-7-9-17/h4-11,14H,1,12-13,15H2,2-3H3. The Balaban J connectivity index is 1.97. The number of halogens is 2. The lowest BCUT2D eigenvalue weighted by Gasteiger charge is -2.15. The maximum atomic E-state index is 14.8. The van der Waals surface area contributed by atoms with Crippen LogP contribution in [0.25, 0.3) is 11.3 Å². The Morgan fingerprint density at radius 3 is 2.57 bits per heavy atom. The molecule has 0 saturated heterocycles. The van der Waals surface area contributed by atoms with E-state index in [-0.39, 0.29) is 25.0 Å². The number of aromatic nitrogens is 1. The van der Waals surface area contributed by atoms with Gasteiger partial charge in [-0.1, -0.05) is 58.9 Å². The van der Waals surface area contributed by atoms with Crippen LogP contribution in [0.15, 0.2) is 65.7 Å². The van der Waals surface area contributed by atoms with Crippen molar-refractivity contribution in [2.45, 2.75) is 13.3 Å². The highest BCUT2D eigenvalue weighted by Gasteiger charge is 2.17. The van der Waals surface area contributed by atoms with Gasteiger partial charge in [0.1, 0.15) is 18.1 Å². The van der Waals surface area contributed by atoms with Crippen LogP contribution in [0.3, 0.4) is 0 Å². The van der Waals surface area contributed by atoms with Crippen LogP contribution in [-0.4, -0.2) is 25.5 Å². The number of pyridine rings is 1. The highest BCUT2D eigenvalue weighted by atomic mass is 79.9. The van der Waals surface area contributed by atoms with Crippen LogP contribution in [0.5, 0.6) is 11.5 Å². The number of methoxy groups -OCH3 is 1. The normalized spacial score (nSPS) is 10.7. The second kappa shape index (κ2) is 10.4. The summed E-state index contributed by atoms with van der Waals surface area (Å²) in [6, 6.07) is 15.2. The molecule has 156 valence electrons. The molecule has 0 atom stereocenters. The first-order valence-corrected chi connectivity index (χ1v) is 10.2. The van der Waals surface area contributed by atoms with Crippen molar-refractivity contribution in [1.82, 2.24) is 4.98 Å². The highest BCUT2D eigenvalue weighted by molar-refractivity contribution is 9.10. The zero-order valence-corrected chi connectivity index (χ0v) is 18.5. The first-order chi connectivity index (χ1) is 14.5. The lowest BCUT2D eigenvalue weighted by Crippen LogP contribution is -2.05. The number of rotatable bonds is 9. The van der Waals surface area contributed by atoms with Gasteiger partial charge in [-0.15, -0.1) is 0 Å². The Hall–Kier alpha value is -2.70. The summed E-state index contributed by atoms with van der Waals surface area (Å²) in [5.74, 6) is 0.449.